The minimum atomic E-state index is -0.524. The maximum absolute atomic E-state index is 10.9. The van der Waals surface area contributed by atoms with Crippen LogP contribution in [0.3, 0.4) is 0 Å². The molecule has 1 aromatic rings. The first-order valence-electron chi connectivity index (χ1n) is 6.84. The third-order valence-corrected chi connectivity index (χ3v) is 3.65. The summed E-state index contributed by atoms with van der Waals surface area (Å²) >= 11 is 0. The van der Waals surface area contributed by atoms with E-state index in [1.54, 1.807) is 25.3 Å². The van der Waals surface area contributed by atoms with Gasteiger partial charge in [0.05, 0.1) is 20.3 Å². The number of rotatable bonds is 6. The van der Waals surface area contributed by atoms with Gasteiger partial charge in [0.2, 0.25) is 0 Å². The number of benzene rings is 1. The number of methoxy groups -OCH3 is 1. The molecule has 21 heavy (non-hydrogen) atoms. The van der Waals surface area contributed by atoms with Crippen molar-refractivity contribution in [1.82, 2.24) is 0 Å². The predicted octanol–water partition coefficient (Wildman–Crippen LogP) is 3.29. The summed E-state index contributed by atoms with van der Waals surface area (Å²) in [5, 5.41) is 12.9. The third-order valence-electron chi connectivity index (χ3n) is 3.65. The van der Waals surface area contributed by atoms with E-state index in [1.807, 2.05) is 25.2 Å². The number of nitrogens with zero attached hydrogens (tertiary/aromatic N) is 1. The average molecular weight is 289 g/mol. The number of aromatic hydroxyl groups is 1. The summed E-state index contributed by atoms with van der Waals surface area (Å²) < 4.78 is 10.6. The second kappa shape index (κ2) is 6.43. The average Bonchev–Trinajstić information content (AvgIpc) is 2.50. The lowest BCUT2D eigenvalue weighted by atomic mass is 9.75. The van der Waals surface area contributed by atoms with Gasteiger partial charge in [-0.25, -0.2) is 0 Å². The molecule has 1 N–H and O–H groups in total. The molecule has 0 heterocycles. The molecule has 1 aliphatic rings. The Morgan fingerprint density at radius 2 is 2.24 bits per heavy atom. The lowest BCUT2D eigenvalue weighted by Gasteiger charge is -2.30. The number of ether oxygens (including phenoxy) is 2. The Morgan fingerprint density at radius 1 is 1.43 bits per heavy atom. The molecule has 1 atom stereocenters. The molecule has 1 aliphatic carbocycles. The minimum absolute atomic E-state index is 0.0859. The fourth-order valence-corrected chi connectivity index (χ4v) is 2.44. The molecule has 5 nitrogen and oxygen atoms in total. The first kappa shape index (κ1) is 15.1. The van der Waals surface area contributed by atoms with Crippen molar-refractivity contribution in [2.45, 2.75) is 18.8 Å². The van der Waals surface area contributed by atoms with E-state index in [1.165, 1.54) is 0 Å². The monoisotopic (exact) mass is 289 g/mol. The van der Waals surface area contributed by atoms with E-state index in [9.17, 15) is 10.0 Å². The summed E-state index contributed by atoms with van der Waals surface area (Å²) in [5.41, 5.74) is 0.356. The standard InChI is InChI=1S/C16H19NO4/c1-3-21-15-10-12(4-5-14(15)18)16(11-17-19)8-6-13(20-2)7-9-16/h4-8,10,18H,3,9,11H2,1-2H3. The third kappa shape index (κ3) is 3.07. The number of hydrogen-bond acceptors (Lipinski definition) is 5. The lowest BCUT2D eigenvalue weighted by molar-refractivity contribution is 0.299. The summed E-state index contributed by atoms with van der Waals surface area (Å²) in [7, 11) is 1.61. The van der Waals surface area contributed by atoms with Crippen molar-refractivity contribution in [2.75, 3.05) is 20.3 Å². The first-order valence-corrected chi connectivity index (χ1v) is 6.84. The molecule has 0 saturated heterocycles. The molecule has 0 aromatic heterocycles. The highest BCUT2D eigenvalue weighted by Gasteiger charge is 2.32. The second-order valence-electron chi connectivity index (χ2n) is 4.91. The lowest BCUT2D eigenvalue weighted by Crippen LogP contribution is -2.28. The van der Waals surface area contributed by atoms with Crippen LogP contribution in [0.15, 0.2) is 47.4 Å². The number of phenolic OH excluding ortho intramolecular Hbond substituents is 1. The molecule has 0 amide bonds. The topological polar surface area (TPSA) is 68.1 Å². The van der Waals surface area contributed by atoms with Gasteiger partial charge in [0.15, 0.2) is 11.5 Å². The molecule has 1 aromatic carbocycles. The van der Waals surface area contributed by atoms with Gasteiger partial charge >= 0.3 is 0 Å². The Kier molecular flexibility index (Phi) is 4.62. The van der Waals surface area contributed by atoms with Crippen molar-refractivity contribution in [3.05, 3.63) is 52.7 Å². The van der Waals surface area contributed by atoms with Crippen LogP contribution >= 0.6 is 0 Å². The van der Waals surface area contributed by atoms with E-state index in [2.05, 4.69) is 5.18 Å². The Morgan fingerprint density at radius 3 is 2.81 bits per heavy atom. The van der Waals surface area contributed by atoms with Crippen LogP contribution in [-0.2, 0) is 10.2 Å². The van der Waals surface area contributed by atoms with Crippen LogP contribution in [0.4, 0.5) is 0 Å². The van der Waals surface area contributed by atoms with Crippen LogP contribution in [0.2, 0.25) is 0 Å². The molecule has 0 saturated carbocycles. The molecule has 0 aliphatic heterocycles. The molecule has 0 fully saturated rings. The molecule has 0 spiro atoms. The maximum Gasteiger partial charge on any atom is 0.161 e. The Hall–Kier alpha value is -2.30. The maximum atomic E-state index is 10.9. The van der Waals surface area contributed by atoms with Gasteiger partial charge < -0.3 is 14.6 Å². The van der Waals surface area contributed by atoms with Gasteiger partial charge in [0, 0.05) is 5.41 Å². The van der Waals surface area contributed by atoms with Crippen molar-refractivity contribution >= 4 is 0 Å². The largest absolute Gasteiger partial charge is 0.504 e. The van der Waals surface area contributed by atoms with Crippen molar-refractivity contribution in [3.63, 3.8) is 0 Å². The Balaban J connectivity index is 2.40. The van der Waals surface area contributed by atoms with Crippen molar-refractivity contribution in [1.29, 1.82) is 0 Å². The zero-order chi connectivity index (χ0) is 15.3. The Bertz CT molecular complexity index is 580. The van der Waals surface area contributed by atoms with E-state index in [4.69, 9.17) is 9.47 Å². The van der Waals surface area contributed by atoms with Crippen LogP contribution in [0, 0.1) is 4.91 Å². The normalized spacial score (nSPS) is 20.8. The minimum Gasteiger partial charge on any atom is -0.504 e. The number of allylic oxidation sites excluding steroid dienone is 2. The highest BCUT2D eigenvalue weighted by atomic mass is 16.5. The van der Waals surface area contributed by atoms with Gasteiger partial charge in [0.25, 0.3) is 0 Å². The van der Waals surface area contributed by atoms with Gasteiger partial charge in [0.1, 0.15) is 5.76 Å². The van der Waals surface area contributed by atoms with Crippen LogP contribution in [0.1, 0.15) is 18.9 Å². The van der Waals surface area contributed by atoms with Crippen molar-refractivity contribution < 1.29 is 14.6 Å². The number of hydrogen-bond donors (Lipinski definition) is 1. The van der Waals surface area contributed by atoms with Crippen LogP contribution in [0.5, 0.6) is 11.5 Å². The van der Waals surface area contributed by atoms with E-state index in [0.717, 1.165) is 11.3 Å². The zero-order valence-corrected chi connectivity index (χ0v) is 12.2. The molecule has 112 valence electrons. The van der Waals surface area contributed by atoms with Gasteiger partial charge in [-0.05, 0) is 43.2 Å². The van der Waals surface area contributed by atoms with Gasteiger partial charge in [-0.3, -0.25) is 0 Å². The molecule has 1 unspecified atom stereocenters. The van der Waals surface area contributed by atoms with Gasteiger partial charge in [-0.1, -0.05) is 17.3 Å². The molecule has 2 rings (SSSR count). The number of phenols is 1. The van der Waals surface area contributed by atoms with E-state index in [0.29, 0.717) is 18.8 Å². The van der Waals surface area contributed by atoms with Crippen LogP contribution in [0.25, 0.3) is 0 Å². The fourth-order valence-electron chi connectivity index (χ4n) is 2.44. The highest BCUT2D eigenvalue weighted by molar-refractivity contribution is 5.47. The smallest absolute Gasteiger partial charge is 0.161 e. The molecular weight excluding hydrogens is 270 g/mol. The summed E-state index contributed by atoms with van der Waals surface area (Å²) in [4.78, 5) is 10.9. The highest BCUT2D eigenvalue weighted by Crippen LogP contribution is 2.38. The summed E-state index contributed by atoms with van der Waals surface area (Å²) in [6, 6.07) is 5.13. The van der Waals surface area contributed by atoms with Crippen LogP contribution < -0.4 is 4.74 Å². The SMILES string of the molecule is CCOc1cc(C2(CN=O)C=CC(OC)=CC2)ccc1O. The number of nitroso groups, excluding NO2 is 1. The van der Waals surface area contributed by atoms with E-state index < -0.39 is 5.41 Å². The molecule has 0 bridgehead atoms. The Labute approximate surface area is 123 Å². The van der Waals surface area contributed by atoms with Crippen molar-refractivity contribution in [2.24, 2.45) is 5.18 Å². The molecular formula is C16H19NO4. The van der Waals surface area contributed by atoms with E-state index >= 15 is 0 Å². The summed E-state index contributed by atoms with van der Waals surface area (Å²) in [5.74, 6) is 1.26. The summed E-state index contributed by atoms with van der Waals surface area (Å²) in [6.07, 6.45) is 6.30. The predicted molar refractivity (Wildman–Crippen MR) is 80.5 cm³/mol. The first-order chi connectivity index (χ1) is 10.1. The van der Waals surface area contributed by atoms with Gasteiger partial charge in [-0.15, -0.1) is 0 Å². The molecule has 0 radical (unpaired) electrons. The second-order valence-corrected chi connectivity index (χ2v) is 4.91. The van der Waals surface area contributed by atoms with Crippen molar-refractivity contribution in [3.8, 4) is 11.5 Å². The van der Waals surface area contributed by atoms with E-state index in [-0.39, 0.29) is 12.3 Å². The fraction of sp³-hybridized carbons (Fsp3) is 0.375. The quantitative estimate of drug-likeness (QED) is 0.816. The van der Waals surface area contributed by atoms with Gasteiger partial charge in [-0.2, -0.15) is 4.91 Å². The zero-order valence-electron chi connectivity index (χ0n) is 12.2. The summed E-state index contributed by atoms with van der Waals surface area (Å²) in [6.45, 7) is 2.43. The molecule has 5 heteroatoms. The van der Waals surface area contributed by atoms with Crippen LogP contribution in [-0.4, -0.2) is 25.4 Å².